The topological polar surface area (TPSA) is 17.1 Å². The summed E-state index contributed by atoms with van der Waals surface area (Å²) in [5.41, 5.74) is -1.02. The highest BCUT2D eigenvalue weighted by atomic mass is 35.5. The third-order valence-electron chi connectivity index (χ3n) is 2.02. The monoisotopic (exact) mass is 236 g/mol. The minimum absolute atomic E-state index is 0.0376. The molecule has 82 valence electrons. The molecule has 1 aromatic rings. The molecule has 1 rings (SSSR count). The Bertz CT molecular complexity index is 373. The molecule has 15 heavy (non-hydrogen) atoms. The van der Waals surface area contributed by atoms with Gasteiger partial charge in [-0.2, -0.15) is 13.2 Å². The molecule has 0 aliphatic heterocycles. The van der Waals surface area contributed by atoms with Crippen LogP contribution in [0.15, 0.2) is 18.2 Å². The molecule has 0 saturated heterocycles. The fourth-order valence-electron chi connectivity index (χ4n) is 1.32. The highest BCUT2D eigenvalue weighted by Crippen LogP contribution is 2.37. The molecule has 0 aliphatic carbocycles. The Morgan fingerprint density at radius 3 is 2.47 bits per heavy atom. The molecule has 0 aliphatic rings. The summed E-state index contributed by atoms with van der Waals surface area (Å²) in [5.74, 6) is -0.865. The van der Waals surface area contributed by atoms with Crippen LogP contribution in [0.2, 0.25) is 5.02 Å². The van der Waals surface area contributed by atoms with Gasteiger partial charge in [0.15, 0.2) is 0 Å². The average molecular weight is 237 g/mol. The molecule has 0 amide bonds. The minimum Gasteiger partial charge on any atom is -0.303 e. The molecule has 0 radical (unpaired) electrons. The van der Waals surface area contributed by atoms with E-state index < -0.39 is 17.7 Å². The van der Waals surface area contributed by atoms with Gasteiger partial charge in [-0.1, -0.05) is 24.6 Å². The normalized spacial score (nSPS) is 13.7. The molecular formula is C10H8ClF3O. The summed E-state index contributed by atoms with van der Waals surface area (Å²) in [4.78, 5) is 10.5. The number of halogens is 4. The standard InChI is InChI=1S/C10H8ClF3O/c1-6(5-15)9-7(10(12,13)14)3-2-4-8(9)11/h2-6H,1H3. The summed E-state index contributed by atoms with van der Waals surface area (Å²) in [5, 5.41) is -0.0376. The number of rotatable bonds is 2. The van der Waals surface area contributed by atoms with Gasteiger partial charge in [-0.15, -0.1) is 0 Å². The van der Waals surface area contributed by atoms with Crippen molar-refractivity contribution in [1.82, 2.24) is 0 Å². The molecule has 0 spiro atoms. The van der Waals surface area contributed by atoms with Crippen LogP contribution in [0.25, 0.3) is 0 Å². The number of alkyl halides is 3. The molecule has 0 N–H and O–H groups in total. The first-order valence-electron chi connectivity index (χ1n) is 4.19. The molecule has 0 heterocycles. The highest BCUT2D eigenvalue weighted by Gasteiger charge is 2.35. The third-order valence-corrected chi connectivity index (χ3v) is 2.35. The van der Waals surface area contributed by atoms with Gasteiger partial charge in [0.05, 0.1) is 5.56 Å². The van der Waals surface area contributed by atoms with Crippen LogP contribution in [-0.4, -0.2) is 6.29 Å². The van der Waals surface area contributed by atoms with Crippen molar-refractivity contribution in [2.45, 2.75) is 19.0 Å². The van der Waals surface area contributed by atoms with E-state index in [4.69, 9.17) is 11.6 Å². The molecule has 1 aromatic carbocycles. The van der Waals surface area contributed by atoms with Crippen molar-refractivity contribution in [1.29, 1.82) is 0 Å². The van der Waals surface area contributed by atoms with Crippen molar-refractivity contribution in [2.75, 3.05) is 0 Å². The van der Waals surface area contributed by atoms with Crippen molar-refractivity contribution in [3.8, 4) is 0 Å². The van der Waals surface area contributed by atoms with Gasteiger partial charge in [-0.05, 0) is 17.7 Å². The molecule has 1 nitrogen and oxygen atoms in total. The fraction of sp³-hybridized carbons (Fsp3) is 0.300. The Labute approximate surface area is 89.9 Å². The lowest BCUT2D eigenvalue weighted by atomic mass is 9.96. The molecule has 1 atom stereocenters. The second kappa shape index (κ2) is 4.23. The lowest BCUT2D eigenvalue weighted by Gasteiger charge is -2.15. The first-order chi connectivity index (χ1) is 6.88. The zero-order chi connectivity index (χ0) is 11.6. The van der Waals surface area contributed by atoms with Gasteiger partial charge in [-0.25, -0.2) is 0 Å². The van der Waals surface area contributed by atoms with E-state index in [0.717, 1.165) is 6.07 Å². The first-order valence-corrected chi connectivity index (χ1v) is 4.56. The van der Waals surface area contributed by atoms with Crippen LogP contribution in [0.4, 0.5) is 13.2 Å². The number of aldehydes is 1. The van der Waals surface area contributed by atoms with Crippen molar-refractivity contribution >= 4 is 17.9 Å². The van der Waals surface area contributed by atoms with Gasteiger partial charge in [0.25, 0.3) is 0 Å². The minimum atomic E-state index is -4.49. The van der Waals surface area contributed by atoms with Crippen molar-refractivity contribution in [3.63, 3.8) is 0 Å². The zero-order valence-electron chi connectivity index (χ0n) is 7.81. The molecule has 0 bridgehead atoms. The van der Waals surface area contributed by atoms with E-state index in [9.17, 15) is 18.0 Å². The Morgan fingerprint density at radius 1 is 1.40 bits per heavy atom. The predicted molar refractivity (Wildman–Crippen MR) is 50.9 cm³/mol. The molecule has 0 fully saturated rings. The van der Waals surface area contributed by atoms with E-state index >= 15 is 0 Å². The van der Waals surface area contributed by atoms with Gasteiger partial charge < -0.3 is 4.79 Å². The Balaban J connectivity index is 3.39. The smallest absolute Gasteiger partial charge is 0.303 e. The summed E-state index contributed by atoms with van der Waals surface area (Å²) < 4.78 is 37.7. The van der Waals surface area contributed by atoms with Crippen LogP contribution in [0.1, 0.15) is 24.0 Å². The van der Waals surface area contributed by atoms with Gasteiger partial charge in [0.1, 0.15) is 6.29 Å². The number of hydrogen-bond donors (Lipinski definition) is 0. The molecular weight excluding hydrogens is 229 g/mol. The summed E-state index contributed by atoms with van der Waals surface area (Å²) in [6.07, 6.45) is -4.05. The van der Waals surface area contributed by atoms with E-state index in [1.165, 1.54) is 19.1 Å². The summed E-state index contributed by atoms with van der Waals surface area (Å²) >= 11 is 5.65. The lowest BCUT2D eigenvalue weighted by Crippen LogP contribution is -2.12. The summed E-state index contributed by atoms with van der Waals surface area (Å²) in [7, 11) is 0. The second-order valence-electron chi connectivity index (χ2n) is 3.12. The molecule has 5 heteroatoms. The fourth-order valence-corrected chi connectivity index (χ4v) is 1.66. The largest absolute Gasteiger partial charge is 0.416 e. The van der Waals surface area contributed by atoms with Crippen LogP contribution in [-0.2, 0) is 11.0 Å². The maximum Gasteiger partial charge on any atom is 0.416 e. The quantitative estimate of drug-likeness (QED) is 0.716. The number of benzene rings is 1. The number of hydrogen-bond acceptors (Lipinski definition) is 1. The molecule has 0 saturated carbocycles. The van der Waals surface area contributed by atoms with Gasteiger partial charge in [0.2, 0.25) is 0 Å². The van der Waals surface area contributed by atoms with Gasteiger partial charge >= 0.3 is 6.18 Å². The first kappa shape index (κ1) is 12.0. The van der Waals surface area contributed by atoms with Crippen LogP contribution in [0, 0.1) is 0 Å². The summed E-state index contributed by atoms with van der Waals surface area (Å²) in [6.45, 7) is 1.38. The number of carbonyl (C=O) groups excluding carboxylic acids is 1. The van der Waals surface area contributed by atoms with Crippen LogP contribution in [0.3, 0.4) is 0 Å². The van der Waals surface area contributed by atoms with Gasteiger partial charge in [-0.3, -0.25) is 0 Å². The lowest BCUT2D eigenvalue weighted by molar-refractivity contribution is -0.138. The SMILES string of the molecule is CC(C=O)c1c(Cl)cccc1C(F)(F)F. The van der Waals surface area contributed by atoms with E-state index in [1.54, 1.807) is 0 Å². The Morgan fingerprint density at radius 2 is 2.00 bits per heavy atom. The summed E-state index contributed by atoms with van der Waals surface area (Å²) in [6, 6.07) is 3.47. The van der Waals surface area contributed by atoms with Crippen LogP contribution < -0.4 is 0 Å². The van der Waals surface area contributed by atoms with Crippen LogP contribution >= 0.6 is 11.6 Å². The van der Waals surface area contributed by atoms with Gasteiger partial charge in [0, 0.05) is 10.9 Å². The molecule has 0 aromatic heterocycles. The zero-order valence-corrected chi connectivity index (χ0v) is 8.56. The van der Waals surface area contributed by atoms with Crippen molar-refractivity contribution in [3.05, 3.63) is 34.3 Å². The van der Waals surface area contributed by atoms with E-state index in [1.807, 2.05) is 0 Å². The van der Waals surface area contributed by atoms with E-state index in [0.29, 0.717) is 6.29 Å². The van der Waals surface area contributed by atoms with Crippen molar-refractivity contribution < 1.29 is 18.0 Å². The number of carbonyl (C=O) groups is 1. The Kier molecular flexibility index (Phi) is 3.39. The molecule has 1 unspecified atom stereocenters. The van der Waals surface area contributed by atoms with Crippen LogP contribution in [0.5, 0.6) is 0 Å². The van der Waals surface area contributed by atoms with E-state index in [-0.39, 0.29) is 10.6 Å². The maximum atomic E-state index is 12.6. The van der Waals surface area contributed by atoms with E-state index in [2.05, 4.69) is 0 Å². The predicted octanol–water partition coefficient (Wildman–Crippen LogP) is 3.66. The highest BCUT2D eigenvalue weighted by molar-refractivity contribution is 6.31. The Hall–Kier alpha value is -1.03. The average Bonchev–Trinajstić information content (AvgIpc) is 2.15. The maximum absolute atomic E-state index is 12.6. The third kappa shape index (κ3) is 2.50. The second-order valence-corrected chi connectivity index (χ2v) is 3.53. The van der Waals surface area contributed by atoms with Crippen molar-refractivity contribution in [2.24, 2.45) is 0 Å².